The molecule has 14 heteroatoms. The van der Waals surface area contributed by atoms with Gasteiger partial charge in [-0.3, -0.25) is 14.4 Å². The molecule has 218 valence electrons. The number of benzene rings is 2. The lowest BCUT2D eigenvalue weighted by Gasteiger charge is -2.24. The van der Waals surface area contributed by atoms with Gasteiger partial charge >= 0.3 is 5.97 Å². The van der Waals surface area contributed by atoms with Gasteiger partial charge in [0.1, 0.15) is 29.6 Å². The van der Waals surface area contributed by atoms with Gasteiger partial charge in [-0.05, 0) is 41.8 Å². The number of carbonyl (C=O) groups is 4. The summed E-state index contributed by atoms with van der Waals surface area (Å²) < 4.78 is 0. The molecule has 3 amide bonds. The molecular formula is C27H32N6O8. The number of phenolic OH excluding ortho intramolecular Hbond substituents is 2. The number of nitrogens with one attached hydrogen (secondary N) is 4. The van der Waals surface area contributed by atoms with Gasteiger partial charge in [0, 0.05) is 24.7 Å². The number of carboxylic acid groups (broad SMARTS) is 1. The predicted molar refractivity (Wildman–Crippen MR) is 144 cm³/mol. The molecule has 0 aliphatic rings. The molecule has 0 saturated carbocycles. The summed E-state index contributed by atoms with van der Waals surface area (Å²) in [5.74, 6) is -3.76. The molecule has 14 nitrogen and oxygen atoms in total. The van der Waals surface area contributed by atoms with Crippen LogP contribution in [0.2, 0.25) is 0 Å². The SMILES string of the molecule is NC(Cc1ccc(O)cc1)C(=O)NC(CO)C(=O)NC(Cc1ccc(O)cc1)C(=O)NC(Cc1cnc[nH]1)C(=O)O. The first-order chi connectivity index (χ1) is 19.5. The van der Waals surface area contributed by atoms with E-state index in [4.69, 9.17) is 5.73 Å². The minimum Gasteiger partial charge on any atom is -0.508 e. The number of aromatic nitrogens is 2. The molecule has 0 saturated heterocycles. The van der Waals surface area contributed by atoms with Gasteiger partial charge in [-0.2, -0.15) is 0 Å². The van der Waals surface area contributed by atoms with Crippen molar-refractivity contribution in [3.8, 4) is 11.5 Å². The van der Waals surface area contributed by atoms with Gasteiger partial charge in [-0.1, -0.05) is 24.3 Å². The lowest BCUT2D eigenvalue weighted by atomic mass is 10.0. The number of phenols is 2. The maximum Gasteiger partial charge on any atom is 0.326 e. The smallest absolute Gasteiger partial charge is 0.326 e. The lowest BCUT2D eigenvalue weighted by molar-refractivity contribution is -0.142. The highest BCUT2D eigenvalue weighted by Gasteiger charge is 2.30. The number of imidazole rings is 1. The fourth-order valence-electron chi connectivity index (χ4n) is 3.89. The van der Waals surface area contributed by atoms with E-state index in [-0.39, 0.29) is 30.8 Å². The van der Waals surface area contributed by atoms with Crippen LogP contribution in [0.3, 0.4) is 0 Å². The Hall–Kier alpha value is -4.95. The fourth-order valence-corrected chi connectivity index (χ4v) is 3.89. The first-order valence-electron chi connectivity index (χ1n) is 12.6. The molecule has 4 atom stereocenters. The molecule has 0 fully saturated rings. The number of hydrogen-bond acceptors (Lipinski definition) is 9. The largest absolute Gasteiger partial charge is 0.508 e. The Kier molecular flexibility index (Phi) is 10.8. The predicted octanol–water partition coefficient (Wildman–Crippen LogP) is -1.29. The van der Waals surface area contributed by atoms with E-state index in [0.29, 0.717) is 16.8 Å². The molecule has 0 aliphatic carbocycles. The number of hydrogen-bond donors (Lipinski definition) is 9. The van der Waals surface area contributed by atoms with Crippen molar-refractivity contribution in [2.75, 3.05) is 6.61 Å². The quantitative estimate of drug-likeness (QED) is 0.111. The first kappa shape index (κ1) is 30.6. The van der Waals surface area contributed by atoms with Crippen LogP contribution >= 0.6 is 0 Å². The molecule has 1 heterocycles. The summed E-state index contributed by atoms with van der Waals surface area (Å²) in [4.78, 5) is 57.3. The summed E-state index contributed by atoms with van der Waals surface area (Å²) in [5, 5.41) is 45.7. The molecule has 3 rings (SSSR count). The number of amides is 3. The molecule has 1 aromatic heterocycles. The van der Waals surface area contributed by atoms with Crippen LogP contribution in [-0.2, 0) is 38.4 Å². The zero-order valence-electron chi connectivity index (χ0n) is 21.9. The number of aromatic hydroxyl groups is 2. The zero-order chi connectivity index (χ0) is 29.9. The third-order valence-electron chi connectivity index (χ3n) is 6.15. The van der Waals surface area contributed by atoms with Crippen LogP contribution < -0.4 is 21.7 Å². The minimum absolute atomic E-state index is 0.0176. The van der Waals surface area contributed by atoms with Crippen molar-refractivity contribution in [3.63, 3.8) is 0 Å². The second-order valence-corrected chi connectivity index (χ2v) is 9.33. The van der Waals surface area contributed by atoms with Crippen LogP contribution in [0.5, 0.6) is 11.5 Å². The number of carboxylic acids is 1. The summed E-state index contributed by atoms with van der Waals surface area (Å²) in [6, 6.07) is 6.64. The van der Waals surface area contributed by atoms with E-state index in [9.17, 15) is 39.6 Å². The van der Waals surface area contributed by atoms with Crippen molar-refractivity contribution >= 4 is 23.7 Å². The monoisotopic (exact) mass is 568 g/mol. The van der Waals surface area contributed by atoms with E-state index in [1.54, 1.807) is 12.1 Å². The number of aliphatic hydroxyl groups excluding tert-OH is 1. The molecule has 4 unspecified atom stereocenters. The molecule has 0 aliphatic heterocycles. The van der Waals surface area contributed by atoms with Crippen LogP contribution in [-0.4, -0.2) is 84.9 Å². The first-order valence-corrected chi connectivity index (χ1v) is 12.6. The highest BCUT2D eigenvalue weighted by molar-refractivity contribution is 5.94. The molecule has 2 aromatic carbocycles. The van der Waals surface area contributed by atoms with E-state index in [1.165, 1.54) is 48.9 Å². The van der Waals surface area contributed by atoms with Gasteiger partial charge in [0.15, 0.2) is 0 Å². The molecular weight excluding hydrogens is 536 g/mol. The van der Waals surface area contributed by atoms with Crippen LogP contribution in [0.4, 0.5) is 0 Å². The summed E-state index contributed by atoms with van der Waals surface area (Å²) in [5.41, 5.74) is 7.61. The Balaban J connectivity index is 1.71. The van der Waals surface area contributed by atoms with E-state index >= 15 is 0 Å². The average molecular weight is 569 g/mol. The van der Waals surface area contributed by atoms with Crippen LogP contribution in [0.25, 0.3) is 0 Å². The van der Waals surface area contributed by atoms with E-state index in [0.717, 1.165) is 0 Å². The third kappa shape index (κ3) is 9.33. The van der Waals surface area contributed by atoms with Gasteiger partial charge < -0.3 is 47.1 Å². The second kappa shape index (κ2) is 14.4. The Morgan fingerprint density at radius 3 is 1.78 bits per heavy atom. The summed E-state index contributed by atoms with van der Waals surface area (Å²) in [7, 11) is 0. The van der Waals surface area contributed by atoms with E-state index in [2.05, 4.69) is 25.9 Å². The Morgan fingerprint density at radius 1 is 0.756 bits per heavy atom. The molecule has 0 radical (unpaired) electrons. The van der Waals surface area contributed by atoms with Gasteiger partial charge in [-0.15, -0.1) is 0 Å². The van der Waals surface area contributed by atoms with Crippen molar-refractivity contribution in [1.29, 1.82) is 0 Å². The topological polar surface area (TPSA) is 240 Å². The molecule has 0 spiro atoms. The standard InChI is InChI=1S/C27H32N6O8/c28-20(9-15-1-5-18(35)6-2-15)24(37)33-23(13-34)26(39)31-21(10-16-3-7-19(36)8-4-16)25(38)32-22(27(40)41)11-17-12-29-14-30-17/h1-8,12,14,20-23,34-36H,9-11,13,28H2,(H,29,30)(H,31,39)(H,32,38)(H,33,37)(H,40,41). The maximum absolute atomic E-state index is 13.2. The number of nitrogens with zero attached hydrogens (tertiary/aromatic N) is 1. The molecule has 10 N–H and O–H groups in total. The van der Waals surface area contributed by atoms with Gasteiger partial charge in [0.2, 0.25) is 17.7 Å². The number of rotatable bonds is 14. The Morgan fingerprint density at radius 2 is 1.27 bits per heavy atom. The van der Waals surface area contributed by atoms with Gasteiger partial charge in [-0.25, -0.2) is 9.78 Å². The normalized spacial score (nSPS) is 13.8. The maximum atomic E-state index is 13.2. The summed E-state index contributed by atoms with van der Waals surface area (Å²) in [6.07, 6.45) is 2.67. The van der Waals surface area contributed by atoms with Crippen molar-refractivity contribution in [2.45, 2.75) is 43.4 Å². The molecule has 0 bridgehead atoms. The van der Waals surface area contributed by atoms with E-state index < -0.39 is 54.5 Å². The highest BCUT2D eigenvalue weighted by Crippen LogP contribution is 2.13. The van der Waals surface area contributed by atoms with Crippen LogP contribution in [0, 0.1) is 0 Å². The number of H-pyrrole nitrogens is 1. The summed E-state index contributed by atoms with van der Waals surface area (Å²) >= 11 is 0. The second-order valence-electron chi connectivity index (χ2n) is 9.33. The zero-order valence-corrected chi connectivity index (χ0v) is 21.9. The van der Waals surface area contributed by atoms with Crippen molar-refractivity contribution in [2.24, 2.45) is 5.73 Å². The Bertz CT molecular complexity index is 1310. The van der Waals surface area contributed by atoms with Crippen molar-refractivity contribution in [3.05, 3.63) is 77.9 Å². The van der Waals surface area contributed by atoms with Gasteiger partial charge in [0.25, 0.3) is 0 Å². The number of nitrogens with two attached hydrogens (primary N) is 1. The number of aliphatic hydroxyl groups is 1. The lowest BCUT2D eigenvalue weighted by Crippen LogP contribution is -2.58. The van der Waals surface area contributed by atoms with Crippen LogP contribution in [0.1, 0.15) is 16.8 Å². The number of aromatic amines is 1. The molecule has 3 aromatic rings. The minimum atomic E-state index is -1.47. The number of carbonyl (C=O) groups excluding carboxylic acids is 3. The fraction of sp³-hybridized carbons (Fsp3) is 0.296. The number of aliphatic carboxylic acids is 1. The highest BCUT2D eigenvalue weighted by atomic mass is 16.4. The molecule has 41 heavy (non-hydrogen) atoms. The summed E-state index contributed by atoms with van der Waals surface area (Å²) in [6.45, 7) is -0.811. The Labute approximate surface area is 234 Å². The van der Waals surface area contributed by atoms with E-state index in [1.807, 2.05) is 0 Å². The van der Waals surface area contributed by atoms with Crippen molar-refractivity contribution < 1.29 is 39.6 Å². The average Bonchev–Trinajstić information content (AvgIpc) is 3.46. The third-order valence-corrected chi connectivity index (χ3v) is 6.15. The van der Waals surface area contributed by atoms with Crippen molar-refractivity contribution in [1.82, 2.24) is 25.9 Å². The van der Waals surface area contributed by atoms with Crippen LogP contribution in [0.15, 0.2) is 61.1 Å². The van der Waals surface area contributed by atoms with Gasteiger partial charge in [0.05, 0.1) is 19.0 Å².